The number of benzene rings is 2. The molecular formula is C17H17Cl2N5O2. The van der Waals surface area contributed by atoms with Crippen LogP contribution in [0.1, 0.15) is 11.1 Å². The first-order chi connectivity index (χ1) is 12.6. The van der Waals surface area contributed by atoms with Gasteiger partial charge in [-0.25, -0.2) is 4.68 Å². The lowest BCUT2D eigenvalue weighted by molar-refractivity contribution is 0.281. The van der Waals surface area contributed by atoms with Gasteiger partial charge in [-0.2, -0.15) is 0 Å². The summed E-state index contributed by atoms with van der Waals surface area (Å²) in [5, 5.41) is 15.5. The molecule has 3 rings (SSSR count). The van der Waals surface area contributed by atoms with Gasteiger partial charge in [-0.05, 0) is 34.2 Å². The van der Waals surface area contributed by atoms with Crippen molar-refractivity contribution >= 4 is 29.2 Å². The third kappa shape index (κ3) is 4.17. The van der Waals surface area contributed by atoms with Crippen molar-refractivity contribution in [2.45, 2.75) is 13.2 Å². The third-order valence-electron chi connectivity index (χ3n) is 3.70. The first-order valence-electron chi connectivity index (χ1n) is 7.77. The molecule has 0 fully saturated rings. The minimum Gasteiger partial charge on any atom is -0.493 e. The van der Waals surface area contributed by atoms with Crippen LogP contribution in [0.2, 0.25) is 10.0 Å². The molecule has 0 saturated heterocycles. The van der Waals surface area contributed by atoms with Gasteiger partial charge in [0.25, 0.3) is 0 Å². The molecule has 9 heteroatoms. The lowest BCUT2D eigenvalue weighted by Gasteiger charge is -2.16. The SMILES string of the molecule is COc1cccc(CNc2nnnn2C)c1OCc1ccc(Cl)c(Cl)c1. The zero-order valence-electron chi connectivity index (χ0n) is 14.2. The number of hydrogen-bond donors (Lipinski definition) is 1. The van der Waals surface area contributed by atoms with E-state index in [2.05, 4.69) is 20.8 Å². The molecule has 136 valence electrons. The second kappa shape index (κ2) is 8.25. The molecular weight excluding hydrogens is 377 g/mol. The smallest absolute Gasteiger partial charge is 0.242 e. The molecule has 1 heterocycles. The normalized spacial score (nSPS) is 10.6. The molecule has 0 aliphatic rings. The zero-order chi connectivity index (χ0) is 18.5. The lowest BCUT2D eigenvalue weighted by Crippen LogP contribution is -2.08. The Morgan fingerprint density at radius 3 is 2.69 bits per heavy atom. The number of tetrazole rings is 1. The van der Waals surface area contributed by atoms with Crippen molar-refractivity contribution in [3.8, 4) is 11.5 Å². The lowest BCUT2D eigenvalue weighted by atomic mass is 10.1. The molecule has 0 bridgehead atoms. The predicted molar refractivity (Wildman–Crippen MR) is 99.9 cm³/mol. The van der Waals surface area contributed by atoms with Crippen LogP contribution in [0.4, 0.5) is 5.95 Å². The van der Waals surface area contributed by atoms with E-state index >= 15 is 0 Å². The number of halogens is 2. The van der Waals surface area contributed by atoms with Crippen LogP contribution < -0.4 is 14.8 Å². The molecule has 2 aromatic carbocycles. The second-order valence-electron chi connectivity index (χ2n) is 5.47. The van der Waals surface area contributed by atoms with Crippen molar-refractivity contribution in [3.63, 3.8) is 0 Å². The van der Waals surface area contributed by atoms with E-state index < -0.39 is 0 Å². The molecule has 0 atom stereocenters. The Hall–Kier alpha value is -2.51. The van der Waals surface area contributed by atoms with Gasteiger partial charge in [0.05, 0.1) is 17.2 Å². The summed E-state index contributed by atoms with van der Waals surface area (Å²) < 4.78 is 13.0. The molecule has 0 amide bonds. The Labute approximate surface area is 160 Å². The van der Waals surface area contributed by atoms with E-state index in [1.165, 1.54) is 0 Å². The highest BCUT2D eigenvalue weighted by Crippen LogP contribution is 2.32. The summed E-state index contributed by atoms with van der Waals surface area (Å²) in [4.78, 5) is 0. The van der Waals surface area contributed by atoms with Crippen molar-refractivity contribution in [3.05, 3.63) is 57.6 Å². The Bertz CT molecular complexity index is 901. The van der Waals surface area contributed by atoms with Crippen LogP contribution in [0.5, 0.6) is 11.5 Å². The maximum Gasteiger partial charge on any atom is 0.242 e. The van der Waals surface area contributed by atoms with Crippen molar-refractivity contribution < 1.29 is 9.47 Å². The van der Waals surface area contributed by atoms with E-state index in [4.69, 9.17) is 32.7 Å². The maximum absolute atomic E-state index is 6.06. The van der Waals surface area contributed by atoms with E-state index in [0.717, 1.165) is 11.1 Å². The Kier molecular flexibility index (Phi) is 5.80. The van der Waals surface area contributed by atoms with Gasteiger partial charge in [-0.3, -0.25) is 0 Å². The number of methoxy groups -OCH3 is 1. The molecule has 0 saturated carbocycles. The van der Waals surface area contributed by atoms with Gasteiger partial charge in [0.1, 0.15) is 6.61 Å². The van der Waals surface area contributed by atoms with Crippen molar-refractivity contribution in [2.75, 3.05) is 12.4 Å². The van der Waals surface area contributed by atoms with Crippen LogP contribution >= 0.6 is 23.2 Å². The number of aromatic nitrogens is 4. The standard InChI is InChI=1S/C17H17Cl2N5O2/c1-24-17(21-22-23-24)20-9-12-4-3-5-15(25-2)16(12)26-10-11-6-7-13(18)14(19)8-11/h3-8H,9-10H2,1-2H3,(H,20,21,23). The summed E-state index contributed by atoms with van der Waals surface area (Å²) in [6, 6.07) is 11.1. The van der Waals surface area contributed by atoms with E-state index in [9.17, 15) is 0 Å². The first kappa shape index (κ1) is 18.3. The van der Waals surface area contributed by atoms with Crippen LogP contribution in [-0.4, -0.2) is 27.3 Å². The fourth-order valence-electron chi connectivity index (χ4n) is 2.36. The Balaban J connectivity index is 1.77. The number of rotatable bonds is 7. The topological polar surface area (TPSA) is 74.1 Å². The van der Waals surface area contributed by atoms with Gasteiger partial charge >= 0.3 is 0 Å². The quantitative estimate of drug-likeness (QED) is 0.659. The van der Waals surface area contributed by atoms with Gasteiger partial charge in [0, 0.05) is 19.2 Å². The van der Waals surface area contributed by atoms with E-state index in [1.54, 1.807) is 31.0 Å². The van der Waals surface area contributed by atoms with Gasteiger partial charge in [-0.15, -0.1) is 0 Å². The fraction of sp³-hybridized carbons (Fsp3) is 0.235. The fourth-order valence-corrected chi connectivity index (χ4v) is 2.68. The second-order valence-corrected chi connectivity index (χ2v) is 6.28. The van der Waals surface area contributed by atoms with Gasteiger partial charge in [0.2, 0.25) is 5.95 Å². The minimum atomic E-state index is 0.329. The average Bonchev–Trinajstić information content (AvgIpc) is 3.06. The van der Waals surface area contributed by atoms with Crippen LogP contribution in [-0.2, 0) is 20.2 Å². The number of nitrogens with zero attached hydrogens (tertiary/aromatic N) is 4. The molecule has 0 aliphatic heterocycles. The number of ether oxygens (including phenoxy) is 2. The monoisotopic (exact) mass is 393 g/mol. The summed E-state index contributed by atoms with van der Waals surface area (Å²) in [6.07, 6.45) is 0. The molecule has 3 aromatic rings. The molecule has 26 heavy (non-hydrogen) atoms. The summed E-state index contributed by atoms with van der Waals surface area (Å²) in [7, 11) is 3.36. The Morgan fingerprint density at radius 2 is 2.00 bits per heavy atom. The summed E-state index contributed by atoms with van der Waals surface area (Å²) in [6.45, 7) is 0.803. The highest BCUT2D eigenvalue weighted by Gasteiger charge is 2.12. The Morgan fingerprint density at radius 1 is 1.15 bits per heavy atom. The van der Waals surface area contributed by atoms with Gasteiger partial charge < -0.3 is 14.8 Å². The summed E-state index contributed by atoms with van der Waals surface area (Å²) >= 11 is 12.0. The molecule has 1 aromatic heterocycles. The van der Waals surface area contributed by atoms with Gasteiger partial charge in [-0.1, -0.05) is 46.5 Å². The number of nitrogens with one attached hydrogen (secondary N) is 1. The number of anilines is 1. The average molecular weight is 394 g/mol. The largest absolute Gasteiger partial charge is 0.493 e. The number of para-hydroxylation sites is 1. The highest BCUT2D eigenvalue weighted by atomic mass is 35.5. The maximum atomic E-state index is 6.06. The number of aryl methyl sites for hydroxylation is 1. The molecule has 0 radical (unpaired) electrons. The van der Waals surface area contributed by atoms with Crippen LogP contribution in [0.15, 0.2) is 36.4 Å². The van der Waals surface area contributed by atoms with Crippen LogP contribution in [0, 0.1) is 0 Å². The predicted octanol–water partition coefficient (Wildman–Crippen LogP) is 3.72. The number of hydrogen-bond acceptors (Lipinski definition) is 6. The highest BCUT2D eigenvalue weighted by molar-refractivity contribution is 6.42. The van der Waals surface area contributed by atoms with Crippen molar-refractivity contribution in [1.29, 1.82) is 0 Å². The van der Waals surface area contributed by atoms with E-state index in [-0.39, 0.29) is 0 Å². The minimum absolute atomic E-state index is 0.329. The van der Waals surface area contributed by atoms with E-state index in [1.807, 2.05) is 24.3 Å². The summed E-state index contributed by atoms with van der Waals surface area (Å²) in [5.74, 6) is 1.84. The zero-order valence-corrected chi connectivity index (χ0v) is 15.8. The first-order valence-corrected chi connectivity index (χ1v) is 8.53. The molecule has 0 unspecified atom stereocenters. The molecule has 1 N–H and O–H groups in total. The van der Waals surface area contributed by atoms with Gasteiger partial charge in [0.15, 0.2) is 11.5 Å². The van der Waals surface area contributed by atoms with E-state index in [0.29, 0.717) is 40.6 Å². The third-order valence-corrected chi connectivity index (χ3v) is 4.44. The molecule has 0 aliphatic carbocycles. The summed E-state index contributed by atoms with van der Waals surface area (Å²) in [5.41, 5.74) is 1.81. The van der Waals surface area contributed by atoms with Crippen LogP contribution in [0.3, 0.4) is 0 Å². The molecule has 0 spiro atoms. The van der Waals surface area contributed by atoms with Crippen molar-refractivity contribution in [1.82, 2.24) is 20.2 Å². The van der Waals surface area contributed by atoms with Crippen LogP contribution in [0.25, 0.3) is 0 Å². The molecule has 7 nitrogen and oxygen atoms in total. The van der Waals surface area contributed by atoms with Crippen molar-refractivity contribution in [2.24, 2.45) is 7.05 Å².